The number of rotatable bonds is 8. The van der Waals surface area contributed by atoms with E-state index in [4.69, 9.17) is 9.73 Å². The highest BCUT2D eigenvalue weighted by atomic mass is 16.6. The molecule has 1 aliphatic heterocycles. The van der Waals surface area contributed by atoms with Crippen LogP contribution < -0.4 is 10.7 Å². The topological polar surface area (TPSA) is 110 Å². The van der Waals surface area contributed by atoms with Crippen molar-refractivity contribution in [2.75, 3.05) is 30.4 Å². The fourth-order valence-corrected chi connectivity index (χ4v) is 3.76. The van der Waals surface area contributed by atoms with E-state index in [1.807, 2.05) is 32.4 Å². The molecule has 1 saturated heterocycles. The Morgan fingerprint density at radius 1 is 1.22 bits per heavy atom. The Hall–Kier alpha value is -3.43. The molecule has 0 aliphatic carbocycles. The smallest absolute Gasteiger partial charge is 0.410 e. The van der Waals surface area contributed by atoms with Crippen molar-refractivity contribution in [1.82, 2.24) is 24.5 Å². The molecule has 0 spiro atoms. The molecule has 3 rings (SSSR count). The van der Waals surface area contributed by atoms with Gasteiger partial charge in [-0.3, -0.25) is 10.4 Å². The molecule has 0 saturated carbocycles. The molecule has 0 radical (unpaired) electrons. The van der Waals surface area contributed by atoms with E-state index >= 15 is 0 Å². The minimum atomic E-state index is -0.498. The third kappa shape index (κ3) is 7.79. The number of piperidine rings is 1. The normalized spacial score (nSPS) is 15.2. The molecule has 196 valence electrons. The zero-order valence-electron chi connectivity index (χ0n) is 22.4. The monoisotopic (exact) mass is 496 g/mol. The second-order valence-electron chi connectivity index (χ2n) is 10.5. The predicted molar refractivity (Wildman–Crippen MR) is 144 cm³/mol. The number of imidazole rings is 1. The molecule has 2 aromatic heterocycles. The standard InChI is InChI=1S/C26H40N8O2/c1-8-23(31-21-10-13-33(14-11-21)25(35)36-26(5,6)7)32-34-19(4)28-17-22(34)20-15-29-24(30-16-20)27-12-9-18(2)3/h8,15-18,21H,1,9-14H2,2-7H3,(H,31,32)(H,27,29,30). The number of carbonyl (C=O) groups excluding carboxylic acids is 1. The van der Waals surface area contributed by atoms with E-state index in [9.17, 15) is 4.79 Å². The van der Waals surface area contributed by atoms with E-state index in [0.717, 1.165) is 42.9 Å². The molecule has 3 heterocycles. The van der Waals surface area contributed by atoms with Crippen LogP contribution in [0.25, 0.3) is 11.3 Å². The van der Waals surface area contributed by atoms with E-state index in [0.29, 0.717) is 30.8 Å². The number of aryl methyl sites for hydroxylation is 1. The first kappa shape index (κ1) is 27.2. The number of nitrogens with zero attached hydrogens (tertiary/aromatic N) is 6. The lowest BCUT2D eigenvalue weighted by atomic mass is 10.1. The number of hydrogen-bond acceptors (Lipinski definition) is 7. The summed E-state index contributed by atoms with van der Waals surface area (Å²) in [6.07, 6.45) is 9.36. The number of carbonyl (C=O) groups is 1. The molecule has 0 bridgehead atoms. The average Bonchev–Trinajstić information content (AvgIpc) is 3.18. The molecule has 1 fully saturated rings. The highest BCUT2D eigenvalue weighted by Gasteiger charge is 2.27. The molecule has 1 amide bonds. The van der Waals surface area contributed by atoms with E-state index in [1.165, 1.54) is 0 Å². The first-order chi connectivity index (χ1) is 17.1. The molecular weight excluding hydrogens is 456 g/mol. The van der Waals surface area contributed by atoms with Gasteiger partial charge in [0.15, 0.2) is 0 Å². The Morgan fingerprint density at radius 3 is 2.47 bits per heavy atom. The van der Waals surface area contributed by atoms with Crippen LogP contribution in [0.4, 0.5) is 10.7 Å². The van der Waals surface area contributed by atoms with Crippen LogP contribution in [0, 0.1) is 12.8 Å². The first-order valence-electron chi connectivity index (χ1n) is 12.6. The first-order valence-corrected chi connectivity index (χ1v) is 12.6. The quantitative estimate of drug-likeness (QED) is 0.405. The van der Waals surface area contributed by atoms with Gasteiger partial charge in [-0.1, -0.05) is 20.4 Å². The molecule has 2 N–H and O–H groups in total. The summed E-state index contributed by atoms with van der Waals surface area (Å²) >= 11 is 0. The van der Waals surface area contributed by atoms with Gasteiger partial charge in [0, 0.05) is 37.6 Å². The average molecular weight is 497 g/mol. The van der Waals surface area contributed by atoms with Crippen molar-refractivity contribution in [2.45, 2.75) is 72.4 Å². The minimum absolute atomic E-state index is 0.0796. The van der Waals surface area contributed by atoms with E-state index in [-0.39, 0.29) is 12.1 Å². The Bertz CT molecular complexity index is 1040. The van der Waals surface area contributed by atoms with Gasteiger partial charge in [0.2, 0.25) is 5.95 Å². The van der Waals surface area contributed by atoms with E-state index < -0.39 is 5.60 Å². The number of hydrogen-bond donors (Lipinski definition) is 2. The third-order valence-electron chi connectivity index (χ3n) is 5.75. The summed E-state index contributed by atoms with van der Waals surface area (Å²) in [4.78, 5) is 32.3. The lowest BCUT2D eigenvalue weighted by molar-refractivity contribution is 0.0207. The molecule has 0 unspecified atom stereocenters. The Kier molecular flexibility index (Phi) is 9.06. The van der Waals surface area contributed by atoms with Crippen LogP contribution in [-0.4, -0.2) is 67.7 Å². The predicted octanol–water partition coefficient (Wildman–Crippen LogP) is 4.63. The molecule has 10 heteroatoms. The van der Waals surface area contributed by atoms with Crippen LogP contribution in [0.2, 0.25) is 0 Å². The SMILES string of the molecule is C=CC(=NC1CCN(C(=O)OC(C)(C)C)CC1)Nn1c(-c2cnc(NCCC(C)C)nc2)cnc1C. The van der Waals surface area contributed by atoms with Crippen LogP contribution >= 0.6 is 0 Å². The zero-order valence-corrected chi connectivity index (χ0v) is 22.4. The molecule has 1 aliphatic rings. The Balaban J connectivity index is 1.64. The Morgan fingerprint density at radius 2 is 1.89 bits per heavy atom. The largest absolute Gasteiger partial charge is 0.444 e. The van der Waals surface area contributed by atoms with E-state index in [2.05, 4.69) is 46.1 Å². The van der Waals surface area contributed by atoms with Gasteiger partial charge in [-0.25, -0.2) is 24.4 Å². The van der Waals surface area contributed by atoms with Crippen LogP contribution in [0.1, 0.15) is 59.7 Å². The Labute approximate surface area is 214 Å². The fourth-order valence-electron chi connectivity index (χ4n) is 3.76. The second kappa shape index (κ2) is 12.0. The summed E-state index contributed by atoms with van der Waals surface area (Å²) in [5, 5.41) is 3.26. The summed E-state index contributed by atoms with van der Waals surface area (Å²) in [5.41, 5.74) is 4.50. The van der Waals surface area contributed by atoms with Crippen molar-refractivity contribution in [2.24, 2.45) is 10.9 Å². The van der Waals surface area contributed by atoms with Crippen molar-refractivity contribution >= 4 is 17.9 Å². The van der Waals surface area contributed by atoms with Crippen LogP contribution in [-0.2, 0) is 4.74 Å². The van der Waals surface area contributed by atoms with Gasteiger partial charge in [0.05, 0.1) is 17.9 Å². The number of likely N-dealkylation sites (tertiary alicyclic amines) is 1. The van der Waals surface area contributed by atoms with Gasteiger partial charge in [0.25, 0.3) is 0 Å². The van der Waals surface area contributed by atoms with E-state index in [1.54, 1.807) is 29.6 Å². The lowest BCUT2D eigenvalue weighted by Gasteiger charge is -2.32. The zero-order chi connectivity index (χ0) is 26.3. The number of aliphatic imine (C=N–C) groups is 1. The highest BCUT2D eigenvalue weighted by Crippen LogP contribution is 2.20. The van der Waals surface area contributed by atoms with Crippen LogP contribution in [0.3, 0.4) is 0 Å². The number of amides is 1. The number of amidine groups is 1. The van der Waals surface area contributed by atoms with Crippen molar-refractivity contribution in [3.8, 4) is 11.3 Å². The van der Waals surface area contributed by atoms with Crippen molar-refractivity contribution < 1.29 is 9.53 Å². The van der Waals surface area contributed by atoms with Gasteiger partial charge < -0.3 is 15.0 Å². The van der Waals surface area contributed by atoms with Gasteiger partial charge in [0.1, 0.15) is 17.3 Å². The lowest BCUT2D eigenvalue weighted by Crippen LogP contribution is -2.43. The summed E-state index contributed by atoms with van der Waals surface area (Å²) in [7, 11) is 0. The molecule has 0 aromatic carbocycles. The van der Waals surface area contributed by atoms with Crippen molar-refractivity contribution in [3.05, 3.63) is 37.1 Å². The number of aromatic nitrogens is 4. The van der Waals surface area contributed by atoms with Gasteiger partial charge in [-0.15, -0.1) is 0 Å². The maximum atomic E-state index is 12.3. The van der Waals surface area contributed by atoms with Crippen LogP contribution in [0.15, 0.2) is 36.2 Å². The summed E-state index contributed by atoms with van der Waals surface area (Å²) in [6, 6.07) is 0.0796. The second-order valence-corrected chi connectivity index (χ2v) is 10.5. The molecule has 2 aromatic rings. The highest BCUT2D eigenvalue weighted by molar-refractivity contribution is 5.99. The molecule has 0 atom stereocenters. The maximum Gasteiger partial charge on any atom is 0.410 e. The van der Waals surface area contributed by atoms with Gasteiger partial charge in [-0.05, 0) is 59.0 Å². The summed E-state index contributed by atoms with van der Waals surface area (Å²) in [6.45, 7) is 17.9. The van der Waals surface area contributed by atoms with Crippen molar-refractivity contribution in [1.29, 1.82) is 0 Å². The maximum absolute atomic E-state index is 12.3. The van der Waals surface area contributed by atoms with Crippen LogP contribution in [0.5, 0.6) is 0 Å². The van der Waals surface area contributed by atoms with Gasteiger partial charge >= 0.3 is 6.09 Å². The third-order valence-corrected chi connectivity index (χ3v) is 5.75. The van der Waals surface area contributed by atoms with Crippen molar-refractivity contribution in [3.63, 3.8) is 0 Å². The molecule has 10 nitrogen and oxygen atoms in total. The molecule has 36 heavy (non-hydrogen) atoms. The number of anilines is 1. The fraction of sp³-hybridized carbons (Fsp3) is 0.577. The number of ether oxygens (including phenoxy) is 1. The minimum Gasteiger partial charge on any atom is -0.444 e. The molecular formula is C26H40N8O2. The van der Waals surface area contributed by atoms with Gasteiger partial charge in [-0.2, -0.15) is 0 Å². The summed E-state index contributed by atoms with van der Waals surface area (Å²) in [5.74, 6) is 2.65. The summed E-state index contributed by atoms with van der Waals surface area (Å²) < 4.78 is 7.35. The number of nitrogens with one attached hydrogen (secondary N) is 2.